The summed E-state index contributed by atoms with van der Waals surface area (Å²) >= 11 is -1.92. The van der Waals surface area contributed by atoms with Gasteiger partial charge in [-0.1, -0.05) is 33.8 Å². The van der Waals surface area contributed by atoms with Crippen molar-refractivity contribution in [2.75, 3.05) is 0 Å². The first-order valence-electron chi connectivity index (χ1n) is 6.04. The van der Waals surface area contributed by atoms with Crippen LogP contribution < -0.4 is 0 Å². The molecule has 0 rings (SSSR count). The minimum absolute atomic E-state index is 0.0113. The topological polar surface area (TPSA) is 26.5 Å². The summed E-state index contributed by atoms with van der Waals surface area (Å²) in [6.07, 6.45) is 2.04. The van der Waals surface area contributed by atoms with Gasteiger partial charge in [-0.2, -0.15) is 5.70 Å². The van der Waals surface area contributed by atoms with E-state index in [2.05, 4.69) is 51.9 Å². The second kappa shape index (κ2) is 9.68. The van der Waals surface area contributed by atoms with Crippen LogP contribution in [0.25, 0.3) is 5.32 Å². The Morgan fingerprint density at radius 1 is 1.00 bits per heavy atom. The molecule has 0 radical (unpaired) electrons. The van der Waals surface area contributed by atoms with Crippen molar-refractivity contribution in [1.82, 2.24) is 0 Å². The van der Waals surface area contributed by atoms with E-state index in [1.807, 2.05) is 19.9 Å². The minimum atomic E-state index is -1.92. The average Bonchev–Trinajstić information content (AvgIpc) is 1.91. The number of hydrogen-bond acceptors (Lipinski definition) is 1. The van der Waals surface area contributed by atoms with Crippen molar-refractivity contribution in [3.63, 3.8) is 0 Å². The van der Waals surface area contributed by atoms with Crippen LogP contribution in [-0.4, -0.2) is 16.8 Å². The van der Waals surface area contributed by atoms with Crippen LogP contribution in [0.15, 0.2) is 16.8 Å². The predicted molar refractivity (Wildman–Crippen MR) is 87.3 cm³/mol. The Balaban J connectivity index is 0. The van der Waals surface area contributed by atoms with Crippen LogP contribution in [0.4, 0.5) is 0 Å². The second-order valence-corrected chi connectivity index (χ2v) is 13.9. The molecule has 0 atom stereocenters. The van der Waals surface area contributed by atoms with Crippen molar-refractivity contribution in [1.29, 1.82) is 0 Å². The molecule has 0 aromatic rings. The Morgan fingerprint density at radius 3 is 1.63 bits per heavy atom. The number of rotatable bonds is 2. The molecule has 2 nitrogen and oxygen atoms in total. The van der Waals surface area contributed by atoms with Crippen molar-refractivity contribution in [2.24, 2.45) is 4.99 Å². The summed E-state index contributed by atoms with van der Waals surface area (Å²) in [5.74, 6) is 0. The van der Waals surface area contributed by atoms with E-state index in [0.717, 1.165) is 11.4 Å². The van der Waals surface area contributed by atoms with Crippen LogP contribution in [0.5, 0.6) is 0 Å². The molecule has 0 bridgehead atoms. The average molecular weight is 364 g/mol. The molecule has 0 amide bonds. The van der Waals surface area contributed by atoms with Gasteiger partial charge in [-0.15, -0.1) is 5.54 Å². The van der Waals surface area contributed by atoms with Crippen LogP contribution >= 0.6 is 27.9 Å². The van der Waals surface area contributed by atoms with Gasteiger partial charge in [0.1, 0.15) is 0 Å². The molecule has 0 spiro atoms. The van der Waals surface area contributed by atoms with Gasteiger partial charge in [0.25, 0.3) is 0 Å². The fraction of sp³-hybridized carbons (Fsp3) is 0.769. The van der Waals surface area contributed by atoms with Crippen molar-refractivity contribution < 1.29 is 14.7 Å². The van der Waals surface area contributed by atoms with E-state index >= 15 is 0 Å². The van der Waals surface area contributed by atoms with Gasteiger partial charge >= 0.3 is 42.6 Å². The molecule has 0 aliphatic heterocycles. The number of halogens is 3. The molecule has 112 valence electrons. The predicted octanol–water partition coefficient (Wildman–Crippen LogP) is 6.39. The van der Waals surface area contributed by atoms with E-state index in [0.29, 0.717) is 0 Å². The SMILES string of the molecule is CC(/C=C(/C)[N-]C(C)(C)C)=NC(C)(C)C.[Cl][Ti+]([Cl])[Cl]. The zero-order valence-corrected chi connectivity index (χ0v) is 16.9. The van der Waals surface area contributed by atoms with E-state index in [1.54, 1.807) is 0 Å². The maximum absolute atomic E-state index is 4.97. The van der Waals surface area contributed by atoms with Gasteiger partial charge in [0.15, 0.2) is 0 Å². The van der Waals surface area contributed by atoms with Gasteiger partial charge in [0.05, 0.1) is 5.54 Å². The van der Waals surface area contributed by atoms with Gasteiger partial charge in [-0.05, 0) is 27.7 Å². The van der Waals surface area contributed by atoms with Crippen LogP contribution in [0.1, 0.15) is 55.4 Å². The number of hydrogen-bond donors (Lipinski definition) is 0. The fourth-order valence-corrected chi connectivity index (χ4v) is 1.42. The summed E-state index contributed by atoms with van der Waals surface area (Å²) < 4.78 is 0. The van der Waals surface area contributed by atoms with Gasteiger partial charge in [-0.25, -0.2) is 0 Å². The first kappa shape index (κ1) is 22.1. The molecular weight excluding hydrogens is 338 g/mol. The van der Waals surface area contributed by atoms with Crippen molar-refractivity contribution >= 4 is 33.6 Å². The zero-order chi connectivity index (χ0) is 15.9. The second-order valence-electron chi connectivity index (χ2n) is 6.21. The molecular formula is C13H25Cl3N2Ti. The molecule has 19 heavy (non-hydrogen) atoms. The molecule has 0 aliphatic carbocycles. The van der Waals surface area contributed by atoms with Crippen molar-refractivity contribution in [3.05, 3.63) is 17.1 Å². The normalized spacial score (nSPS) is 13.6. The molecule has 6 heteroatoms. The number of aliphatic imine (C=N–C) groups is 1. The molecule has 0 saturated heterocycles. The monoisotopic (exact) mass is 362 g/mol. The van der Waals surface area contributed by atoms with Gasteiger partial charge < -0.3 is 5.32 Å². The maximum atomic E-state index is 4.97. The van der Waals surface area contributed by atoms with Crippen LogP contribution in [0, 0.1) is 0 Å². The summed E-state index contributed by atoms with van der Waals surface area (Å²) in [7, 11) is 14.9. The van der Waals surface area contributed by atoms with Crippen molar-refractivity contribution in [3.8, 4) is 0 Å². The molecule has 0 saturated carbocycles. The Hall–Kier alpha value is 0.794. The van der Waals surface area contributed by atoms with Crippen LogP contribution in [-0.2, 0) is 14.7 Å². The Morgan fingerprint density at radius 2 is 1.37 bits per heavy atom. The van der Waals surface area contributed by atoms with Gasteiger partial charge in [0.2, 0.25) is 0 Å². The van der Waals surface area contributed by atoms with Crippen LogP contribution in [0.3, 0.4) is 0 Å². The third-order valence-corrected chi connectivity index (χ3v) is 1.44. The Bertz CT molecular complexity index is 310. The summed E-state index contributed by atoms with van der Waals surface area (Å²) in [6.45, 7) is 16.6. The van der Waals surface area contributed by atoms with E-state index < -0.39 is 14.7 Å². The first-order valence-corrected chi connectivity index (χ1v) is 12.5. The van der Waals surface area contributed by atoms with E-state index in [1.165, 1.54) is 0 Å². The number of allylic oxidation sites excluding steroid dienone is 2. The standard InChI is InChI=1S/C13H25N2.3ClH.Ti/c1-10(14-12(3,4)5)9-11(2)15-13(6,7)8;;;;/h9H,1-8H3;3*1H;/q-1;;;;+4/p-3/b10-9-,15-11?;;;;. The molecule has 0 aromatic carbocycles. The third-order valence-electron chi connectivity index (χ3n) is 1.44. The van der Waals surface area contributed by atoms with E-state index in [9.17, 15) is 0 Å². The molecule has 0 unspecified atom stereocenters. The Kier molecular flexibility index (Phi) is 11.3. The summed E-state index contributed by atoms with van der Waals surface area (Å²) in [5, 5.41) is 4.56. The molecule has 0 heterocycles. The Labute approximate surface area is 136 Å². The summed E-state index contributed by atoms with van der Waals surface area (Å²) in [4.78, 5) is 4.56. The zero-order valence-electron chi connectivity index (χ0n) is 13.1. The first-order chi connectivity index (χ1) is 8.23. The van der Waals surface area contributed by atoms with E-state index in [-0.39, 0.29) is 11.1 Å². The fourth-order valence-electron chi connectivity index (χ4n) is 1.42. The summed E-state index contributed by atoms with van der Waals surface area (Å²) in [6, 6.07) is 0. The summed E-state index contributed by atoms with van der Waals surface area (Å²) in [5.41, 5.74) is 2.05. The third kappa shape index (κ3) is 24.2. The van der Waals surface area contributed by atoms with E-state index in [4.69, 9.17) is 27.9 Å². The quantitative estimate of drug-likeness (QED) is 0.401. The molecule has 0 aromatic heterocycles. The molecule has 0 fully saturated rings. The van der Waals surface area contributed by atoms with Crippen LogP contribution in [0.2, 0.25) is 0 Å². The van der Waals surface area contributed by atoms with Gasteiger partial charge in [0, 0.05) is 5.71 Å². The van der Waals surface area contributed by atoms with Gasteiger partial charge in [-0.3, -0.25) is 4.99 Å². The molecule has 0 N–H and O–H groups in total. The molecule has 0 aliphatic rings. The van der Waals surface area contributed by atoms with Crippen molar-refractivity contribution in [2.45, 2.75) is 66.5 Å². The number of nitrogens with zero attached hydrogens (tertiary/aromatic N) is 2.